The molecule has 0 bridgehead atoms. The van der Waals surface area contributed by atoms with Crippen LogP contribution < -0.4 is 5.73 Å². The van der Waals surface area contributed by atoms with Crippen LogP contribution in [0.2, 0.25) is 10.0 Å². The van der Waals surface area contributed by atoms with E-state index in [2.05, 4.69) is 0 Å². The maximum atomic E-state index is 12.4. The molecule has 0 saturated heterocycles. The molecule has 0 radical (unpaired) electrons. The molecule has 94 valence electrons. The van der Waals surface area contributed by atoms with Gasteiger partial charge in [-0.15, -0.1) is 0 Å². The monoisotopic (exact) mass is 291 g/mol. The van der Waals surface area contributed by atoms with Gasteiger partial charge in [0, 0.05) is 16.7 Å². The molecule has 19 heavy (non-hydrogen) atoms. The van der Waals surface area contributed by atoms with Crippen LogP contribution in [0.3, 0.4) is 0 Å². The van der Waals surface area contributed by atoms with E-state index in [-0.39, 0.29) is 38.4 Å². The van der Waals surface area contributed by atoms with Gasteiger partial charge in [-0.25, -0.2) is 0 Å². The number of nitrogens with two attached hydrogens (primary N) is 1. The molecular formula is C14H7Cl2NO2. The first-order chi connectivity index (χ1) is 9.02. The smallest absolute Gasteiger partial charge is 0.196 e. The summed E-state index contributed by atoms with van der Waals surface area (Å²) in [6.45, 7) is 0. The van der Waals surface area contributed by atoms with Gasteiger partial charge in [0.2, 0.25) is 0 Å². The van der Waals surface area contributed by atoms with Gasteiger partial charge in [-0.3, -0.25) is 9.59 Å². The molecular weight excluding hydrogens is 285 g/mol. The second-order valence-electron chi connectivity index (χ2n) is 4.21. The molecule has 0 aromatic heterocycles. The molecule has 2 aromatic rings. The summed E-state index contributed by atoms with van der Waals surface area (Å²) in [6.07, 6.45) is 0. The fourth-order valence-corrected chi connectivity index (χ4v) is 2.59. The summed E-state index contributed by atoms with van der Waals surface area (Å²) in [5, 5.41) is 0.263. The first-order valence-electron chi connectivity index (χ1n) is 5.48. The van der Waals surface area contributed by atoms with Gasteiger partial charge in [0.05, 0.1) is 21.3 Å². The van der Waals surface area contributed by atoms with Crippen LogP contribution in [-0.4, -0.2) is 11.6 Å². The SMILES string of the molecule is Nc1c(Cl)c(Cl)cc2c1C(=O)c1ccccc1C2=O. The highest BCUT2D eigenvalue weighted by molar-refractivity contribution is 6.45. The van der Waals surface area contributed by atoms with Crippen LogP contribution in [0.5, 0.6) is 0 Å². The van der Waals surface area contributed by atoms with Crippen molar-refractivity contribution in [3.05, 3.63) is 62.6 Å². The zero-order chi connectivity index (χ0) is 13.7. The summed E-state index contributed by atoms with van der Waals surface area (Å²) in [7, 11) is 0. The van der Waals surface area contributed by atoms with Gasteiger partial charge in [0.1, 0.15) is 0 Å². The van der Waals surface area contributed by atoms with E-state index >= 15 is 0 Å². The molecule has 0 spiro atoms. The molecule has 1 aliphatic rings. The summed E-state index contributed by atoms with van der Waals surface area (Å²) in [5.41, 5.74) is 6.92. The number of ketones is 2. The number of carbonyl (C=O) groups excluding carboxylic acids is 2. The molecule has 0 atom stereocenters. The molecule has 0 amide bonds. The Kier molecular flexibility index (Phi) is 2.62. The predicted molar refractivity (Wildman–Crippen MR) is 74.2 cm³/mol. The molecule has 2 aromatic carbocycles. The van der Waals surface area contributed by atoms with Crippen molar-refractivity contribution in [3.63, 3.8) is 0 Å². The lowest BCUT2D eigenvalue weighted by molar-refractivity contribution is 0.0979. The molecule has 2 N–H and O–H groups in total. The zero-order valence-electron chi connectivity index (χ0n) is 9.54. The van der Waals surface area contributed by atoms with E-state index < -0.39 is 0 Å². The Labute approximate surface area is 118 Å². The highest BCUT2D eigenvalue weighted by atomic mass is 35.5. The van der Waals surface area contributed by atoms with Gasteiger partial charge in [0.15, 0.2) is 11.6 Å². The van der Waals surface area contributed by atoms with Gasteiger partial charge >= 0.3 is 0 Å². The van der Waals surface area contributed by atoms with Crippen molar-refractivity contribution in [2.45, 2.75) is 0 Å². The highest BCUT2D eigenvalue weighted by Crippen LogP contribution is 2.38. The molecule has 5 heteroatoms. The molecule has 0 saturated carbocycles. The number of nitrogen functional groups attached to an aromatic ring is 1. The Balaban J connectivity index is 2.40. The van der Waals surface area contributed by atoms with E-state index in [1.54, 1.807) is 24.3 Å². The number of fused-ring (bicyclic) bond motifs is 2. The third-order valence-corrected chi connectivity index (χ3v) is 3.95. The summed E-state index contributed by atoms with van der Waals surface area (Å²) in [4.78, 5) is 24.8. The van der Waals surface area contributed by atoms with Crippen molar-refractivity contribution in [3.8, 4) is 0 Å². The number of hydrogen-bond donors (Lipinski definition) is 1. The Morgan fingerprint density at radius 1 is 0.895 bits per heavy atom. The summed E-state index contributed by atoms with van der Waals surface area (Å²) in [5.74, 6) is -0.572. The van der Waals surface area contributed by atoms with Crippen molar-refractivity contribution >= 4 is 40.5 Å². The molecule has 3 nitrogen and oxygen atoms in total. The van der Waals surface area contributed by atoms with E-state index in [1.807, 2.05) is 0 Å². The van der Waals surface area contributed by atoms with E-state index in [0.717, 1.165) is 0 Å². The van der Waals surface area contributed by atoms with Gasteiger partial charge < -0.3 is 5.73 Å². The van der Waals surface area contributed by atoms with Crippen LogP contribution in [-0.2, 0) is 0 Å². The van der Waals surface area contributed by atoms with Crippen LogP contribution in [0.4, 0.5) is 5.69 Å². The van der Waals surface area contributed by atoms with Crippen molar-refractivity contribution in [2.24, 2.45) is 0 Å². The Morgan fingerprint density at radius 2 is 1.47 bits per heavy atom. The van der Waals surface area contributed by atoms with Crippen LogP contribution >= 0.6 is 23.2 Å². The molecule has 0 fully saturated rings. The minimum atomic E-state index is -0.304. The third-order valence-electron chi connectivity index (χ3n) is 3.14. The normalized spacial score (nSPS) is 13.2. The van der Waals surface area contributed by atoms with Crippen LogP contribution in [0, 0.1) is 0 Å². The average molecular weight is 292 g/mol. The van der Waals surface area contributed by atoms with Crippen LogP contribution in [0.25, 0.3) is 0 Å². The second-order valence-corrected chi connectivity index (χ2v) is 5.00. The van der Waals surface area contributed by atoms with Crippen molar-refractivity contribution in [1.82, 2.24) is 0 Å². The minimum Gasteiger partial charge on any atom is -0.397 e. The Bertz CT molecular complexity index is 753. The summed E-state index contributed by atoms with van der Waals surface area (Å²) in [6, 6.07) is 8.00. The fourth-order valence-electron chi connectivity index (χ4n) is 2.23. The number of rotatable bonds is 0. The highest BCUT2D eigenvalue weighted by Gasteiger charge is 2.32. The van der Waals surface area contributed by atoms with Crippen molar-refractivity contribution < 1.29 is 9.59 Å². The number of hydrogen-bond acceptors (Lipinski definition) is 3. The average Bonchev–Trinajstić information content (AvgIpc) is 2.42. The third kappa shape index (κ3) is 1.59. The maximum absolute atomic E-state index is 12.4. The number of halogens is 2. The standard InChI is InChI=1S/C14H7Cl2NO2/c15-9-5-8-10(12(17)11(9)16)14(19)7-4-2-1-3-6(7)13(8)18/h1-5H,17H2. The second kappa shape index (κ2) is 4.08. The van der Waals surface area contributed by atoms with E-state index in [4.69, 9.17) is 28.9 Å². The minimum absolute atomic E-state index is 0.0528. The molecule has 3 rings (SSSR count). The van der Waals surface area contributed by atoms with Gasteiger partial charge in [-0.2, -0.15) is 0 Å². The number of benzene rings is 2. The summed E-state index contributed by atoms with van der Waals surface area (Å²) < 4.78 is 0. The van der Waals surface area contributed by atoms with Crippen molar-refractivity contribution in [1.29, 1.82) is 0 Å². The quantitative estimate of drug-likeness (QED) is 0.646. The van der Waals surface area contributed by atoms with E-state index in [1.165, 1.54) is 6.07 Å². The Hall–Kier alpha value is -1.84. The van der Waals surface area contributed by atoms with Gasteiger partial charge in [0.25, 0.3) is 0 Å². The first kappa shape index (κ1) is 12.2. The Morgan fingerprint density at radius 3 is 2.11 bits per heavy atom. The number of carbonyl (C=O) groups is 2. The van der Waals surface area contributed by atoms with Crippen molar-refractivity contribution in [2.75, 3.05) is 5.73 Å². The zero-order valence-corrected chi connectivity index (χ0v) is 11.0. The first-order valence-corrected chi connectivity index (χ1v) is 6.24. The topological polar surface area (TPSA) is 60.2 Å². The molecule has 1 aliphatic carbocycles. The maximum Gasteiger partial charge on any atom is 0.196 e. The largest absolute Gasteiger partial charge is 0.397 e. The lowest BCUT2D eigenvalue weighted by Gasteiger charge is -2.19. The van der Waals surface area contributed by atoms with Crippen LogP contribution in [0.1, 0.15) is 31.8 Å². The summed E-state index contributed by atoms with van der Waals surface area (Å²) >= 11 is 11.8. The van der Waals surface area contributed by atoms with Crippen LogP contribution in [0.15, 0.2) is 30.3 Å². The predicted octanol–water partition coefficient (Wildman–Crippen LogP) is 3.35. The molecule has 0 unspecified atom stereocenters. The van der Waals surface area contributed by atoms with Gasteiger partial charge in [-0.05, 0) is 6.07 Å². The fraction of sp³-hybridized carbons (Fsp3) is 0. The lowest BCUT2D eigenvalue weighted by Crippen LogP contribution is -2.22. The van der Waals surface area contributed by atoms with E-state index in [0.29, 0.717) is 11.1 Å². The number of anilines is 1. The van der Waals surface area contributed by atoms with Gasteiger partial charge in [-0.1, -0.05) is 47.5 Å². The van der Waals surface area contributed by atoms with E-state index in [9.17, 15) is 9.59 Å². The molecule has 0 heterocycles. The molecule has 0 aliphatic heterocycles. The lowest BCUT2D eigenvalue weighted by atomic mass is 9.83.